The van der Waals surface area contributed by atoms with Crippen molar-refractivity contribution in [1.82, 2.24) is 30.2 Å². The second kappa shape index (κ2) is 9.53. The highest BCUT2D eigenvalue weighted by Crippen LogP contribution is 2.39. The number of amides is 1. The fraction of sp³-hybridized carbons (Fsp3) is 0.417. The summed E-state index contributed by atoms with van der Waals surface area (Å²) >= 11 is 0. The molecule has 3 N–H and O–H groups in total. The Morgan fingerprint density at radius 1 is 1.11 bits per heavy atom. The van der Waals surface area contributed by atoms with E-state index < -0.39 is 11.6 Å². The summed E-state index contributed by atoms with van der Waals surface area (Å²) in [7, 11) is 0. The summed E-state index contributed by atoms with van der Waals surface area (Å²) in [5.74, 6) is 1.82. The standard InChI is InChI=1S/C24H29N9O3/c1-24(2,3)31-23(34)36-18-12-16(4-6-26-18)33-7-5-17-19(15-13-27-21(25)28-14-15)29-22(30-20(17)33)32-8-10-35-11-9-32/h4,6,12-14H,5,7-11H2,1-3H3,(H,31,34)(H2,25,27,28). The molecule has 36 heavy (non-hydrogen) atoms. The molecule has 1 fully saturated rings. The van der Waals surface area contributed by atoms with E-state index in [1.54, 1.807) is 24.7 Å². The molecule has 1 amide bonds. The van der Waals surface area contributed by atoms with Gasteiger partial charge in [0.25, 0.3) is 0 Å². The number of carbonyl (C=O) groups excluding carboxylic acids is 1. The number of nitrogen functional groups attached to an aromatic ring is 1. The molecule has 188 valence electrons. The molecular weight excluding hydrogens is 462 g/mol. The van der Waals surface area contributed by atoms with Gasteiger partial charge in [0.05, 0.1) is 18.9 Å². The summed E-state index contributed by atoms with van der Waals surface area (Å²) in [5, 5.41) is 2.77. The largest absolute Gasteiger partial charge is 0.414 e. The lowest BCUT2D eigenvalue weighted by atomic mass is 10.1. The van der Waals surface area contributed by atoms with Crippen LogP contribution in [0.3, 0.4) is 0 Å². The highest BCUT2D eigenvalue weighted by molar-refractivity contribution is 5.77. The molecule has 12 nitrogen and oxygen atoms in total. The molecule has 0 spiro atoms. The van der Waals surface area contributed by atoms with Gasteiger partial charge >= 0.3 is 6.09 Å². The average Bonchev–Trinajstić information content (AvgIpc) is 3.28. The van der Waals surface area contributed by atoms with E-state index in [1.807, 2.05) is 26.8 Å². The smallest absolute Gasteiger partial charge is 0.391 e. The molecule has 1 saturated heterocycles. The molecule has 2 aliphatic heterocycles. The summed E-state index contributed by atoms with van der Waals surface area (Å²) in [4.78, 5) is 38.8. The van der Waals surface area contributed by atoms with Crippen molar-refractivity contribution in [3.8, 4) is 17.1 Å². The molecule has 0 aromatic carbocycles. The Bertz CT molecular complexity index is 1250. The molecule has 2 aliphatic rings. The number of ether oxygens (including phenoxy) is 2. The Morgan fingerprint density at radius 3 is 2.58 bits per heavy atom. The van der Waals surface area contributed by atoms with Crippen molar-refractivity contribution in [3.05, 3.63) is 36.3 Å². The van der Waals surface area contributed by atoms with Crippen LogP contribution in [0.15, 0.2) is 30.7 Å². The third-order valence-electron chi connectivity index (χ3n) is 5.76. The minimum Gasteiger partial charge on any atom is -0.391 e. The van der Waals surface area contributed by atoms with Crippen molar-refractivity contribution in [2.24, 2.45) is 0 Å². The Hall–Kier alpha value is -4.06. The van der Waals surface area contributed by atoms with Gasteiger partial charge in [-0.2, -0.15) is 4.98 Å². The zero-order chi connectivity index (χ0) is 25.3. The number of nitrogens with one attached hydrogen (secondary N) is 1. The second-order valence-corrected chi connectivity index (χ2v) is 9.62. The number of nitrogens with zero attached hydrogens (tertiary/aromatic N) is 7. The first-order valence-corrected chi connectivity index (χ1v) is 11.8. The van der Waals surface area contributed by atoms with E-state index in [-0.39, 0.29) is 11.8 Å². The van der Waals surface area contributed by atoms with E-state index >= 15 is 0 Å². The summed E-state index contributed by atoms with van der Waals surface area (Å²) in [6.45, 7) is 8.97. The van der Waals surface area contributed by atoms with Crippen molar-refractivity contribution in [2.45, 2.75) is 32.7 Å². The summed E-state index contributed by atoms with van der Waals surface area (Å²) < 4.78 is 10.9. The number of hydrogen-bond acceptors (Lipinski definition) is 11. The molecule has 3 aromatic heterocycles. The number of morpholine rings is 1. The van der Waals surface area contributed by atoms with Gasteiger partial charge in [0, 0.05) is 66.6 Å². The molecule has 0 atom stereocenters. The number of anilines is 4. The molecule has 3 aromatic rings. The topological polar surface area (TPSA) is 145 Å². The van der Waals surface area contributed by atoms with E-state index in [4.69, 9.17) is 25.2 Å². The molecular formula is C24H29N9O3. The Balaban J connectivity index is 1.51. The van der Waals surface area contributed by atoms with Crippen molar-refractivity contribution in [3.63, 3.8) is 0 Å². The Labute approximate surface area is 208 Å². The summed E-state index contributed by atoms with van der Waals surface area (Å²) in [6.07, 6.45) is 5.15. The predicted octanol–water partition coefficient (Wildman–Crippen LogP) is 2.33. The van der Waals surface area contributed by atoms with Gasteiger partial charge in [-0.05, 0) is 33.3 Å². The second-order valence-electron chi connectivity index (χ2n) is 9.62. The van der Waals surface area contributed by atoms with Crippen molar-refractivity contribution in [2.75, 3.05) is 48.4 Å². The number of aromatic nitrogens is 5. The van der Waals surface area contributed by atoms with Crippen LogP contribution in [0.5, 0.6) is 5.88 Å². The monoisotopic (exact) mass is 491 g/mol. The SMILES string of the molecule is CC(C)(C)NC(=O)Oc1cc(N2CCc3c(-c4cnc(N)nc4)nc(N4CCOCC4)nc32)ccn1. The molecule has 0 aliphatic carbocycles. The summed E-state index contributed by atoms with van der Waals surface area (Å²) in [5.41, 5.74) is 8.65. The molecule has 12 heteroatoms. The summed E-state index contributed by atoms with van der Waals surface area (Å²) in [6, 6.07) is 3.60. The third kappa shape index (κ3) is 5.13. The number of rotatable bonds is 4. The first-order chi connectivity index (χ1) is 17.3. The van der Waals surface area contributed by atoms with Gasteiger partial charge < -0.3 is 30.3 Å². The zero-order valence-corrected chi connectivity index (χ0v) is 20.6. The van der Waals surface area contributed by atoms with Crippen LogP contribution >= 0.6 is 0 Å². The van der Waals surface area contributed by atoms with E-state index in [2.05, 4.69) is 30.1 Å². The van der Waals surface area contributed by atoms with Gasteiger partial charge in [-0.25, -0.2) is 24.7 Å². The molecule has 0 bridgehead atoms. The van der Waals surface area contributed by atoms with Crippen LogP contribution in [-0.4, -0.2) is 69.4 Å². The highest BCUT2D eigenvalue weighted by Gasteiger charge is 2.30. The number of pyridine rings is 1. The molecule has 0 radical (unpaired) electrons. The molecule has 5 heterocycles. The van der Waals surface area contributed by atoms with Gasteiger partial charge in [-0.3, -0.25) is 0 Å². The lowest BCUT2D eigenvalue weighted by Gasteiger charge is -2.28. The minimum atomic E-state index is -0.559. The third-order valence-corrected chi connectivity index (χ3v) is 5.76. The Morgan fingerprint density at radius 2 is 1.86 bits per heavy atom. The van der Waals surface area contributed by atoms with E-state index in [1.165, 1.54) is 0 Å². The molecule has 0 unspecified atom stereocenters. The zero-order valence-electron chi connectivity index (χ0n) is 20.6. The van der Waals surface area contributed by atoms with Gasteiger partial charge in [0.1, 0.15) is 5.82 Å². The minimum absolute atomic E-state index is 0.206. The van der Waals surface area contributed by atoms with Crippen molar-refractivity contribution < 1.29 is 14.3 Å². The quantitative estimate of drug-likeness (QED) is 0.554. The molecule has 5 rings (SSSR count). The maximum atomic E-state index is 12.3. The van der Waals surface area contributed by atoms with Crippen LogP contribution in [0.1, 0.15) is 26.3 Å². The lowest BCUT2D eigenvalue weighted by molar-refractivity contribution is 0.122. The fourth-order valence-electron chi connectivity index (χ4n) is 4.15. The number of hydrogen-bond donors (Lipinski definition) is 2. The van der Waals surface area contributed by atoms with Crippen LogP contribution in [0.2, 0.25) is 0 Å². The van der Waals surface area contributed by atoms with Gasteiger partial charge in [0.2, 0.25) is 17.8 Å². The van der Waals surface area contributed by atoms with Crippen LogP contribution < -0.4 is 25.6 Å². The lowest BCUT2D eigenvalue weighted by Crippen LogP contribution is -2.42. The first-order valence-electron chi connectivity index (χ1n) is 11.8. The normalized spacial score (nSPS) is 15.5. The number of fused-ring (bicyclic) bond motifs is 1. The first kappa shape index (κ1) is 23.7. The van der Waals surface area contributed by atoms with E-state index in [0.717, 1.165) is 34.7 Å². The van der Waals surface area contributed by atoms with Gasteiger partial charge in [-0.1, -0.05) is 0 Å². The number of nitrogens with two attached hydrogens (primary N) is 1. The van der Waals surface area contributed by atoms with Crippen molar-refractivity contribution in [1.29, 1.82) is 0 Å². The molecule has 0 saturated carbocycles. The fourth-order valence-corrected chi connectivity index (χ4v) is 4.15. The van der Waals surface area contributed by atoms with Crippen LogP contribution in [0.25, 0.3) is 11.3 Å². The van der Waals surface area contributed by atoms with Gasteiger partial charge in [-0.15, -0.1) is 0 Å². The van der Waals surface area contributed by atoms with Crippen LogP contribution in [0.4, 0.5) is 28.2 Å². The van der Waals surface area contributed by atoms with E-state index in [0.29, 0.717) is 38.8 Å². The van der Waals surface area contributed by atoms with Gasteiger partial charge in [0.15, 0.2) is 0 Å². The highest BCUT2D eigenvalue weighted by atomic mass is 16.6. The maximum absolute atomic E-state index is 12.3. The maximum Gasteiger partial charge on any atom is 0.414 e. The number of carbonyl (C=O) groups is 1. The van der Waals surface area contributed by atoms with Crippen LogP contribution in [0, 0.1) is 0 Å². The van der Waals surface area contributed by atoms with Crippen LogP contribution in [-0.2, 0) is 11.2 Å². The van der Waals surface area contributed by atoms with Crippen molar-refractivity contribution >= 4 is 29.5 Å². The van der Waals surface area contributed by atoms with E-state index in [9.17, 15) is 4.79 Å². The Kier molecular flexibility index (Phi) is 6.27. The average molecular weight is 492 g/mol. The predicted molar refractivity (Wildman–Crippen MR) is 134 cm³/mol.